The number of carboxylic acids is 2. The number of guanidine groups is 3. The summed E-state index contributed by atoms with van der Waals surface area (Å²) in [5, 5.41) is 71.0. The maximum absolute atomic E-state index is 14.5. The number of nitrogens with zero attached hydrogens (tertiary/aromatic N) is 3. The summed E-state index contributed by atoms with van der Waals surface area (Å²) in [4.78, 5) is 172. The lowest BCUT2D eigenvalue weighted by molar-refractivity contribution is -0.144. The molecule has 0 bridgehead atoms. The van der Waals surface area contributed by atoms with Gasteiger partial charge in [0.2, 0.25) is 59.1 Å². The number of unbranched alkanes of at least 4 members (excludes halogenated alkanes) is 2. The van der Waals surface area contributed by atoms with Gasteiger partial charge in [-0.15, -0.1) is 0 Å². The molecule has 0 radical (unpaired) electrons. The van der Waals surface area contributed by atoms with Crippen LogP contribution in [-0.2, 0) is 64.0 Å². The van der Waals surface area contributed by atoms with Gasteiger partial charge < -0.3 is 131 Å². The topological polar surface area (TPSA) is 712 Å². The van der Waals surface area contributed by atoms with Gasteiger partial charge in [0.1, 0.15) is 60.1 Å². The maximum atomic E-state index is 14.5. The number of primary amides is 1. The van der Waals surface area contributed by atoms with Crippen molar-refractivity contribution in [2.75, 3.05) is 45.9 Å². The molecule has 1 aromatic rings. The van der Waals surface area contributed by atoms with Gasteiger partial charge in [-0.05, 0) is 101 Å². The van der Waals surface area contributed by atoms with E-state index >= 15 is 0 Å². The summed E-state index contributed by atoms with van der Waals surface area (Å²) in [7, 11) is 0. The van der Waals surface area contributed by atoms with Crippen LogP contribution in [0.3, 0.4) is 0 Å². The second-order valence-corrected chi connectivity index (χ2v) is 20.9. The first-order chi connectivity index (χ1) is 43.5. The minimum atomic E-state index is -1.98. The first-order valence-corrected chi connectivity index (χ1v) is 29.2. The normalized spacial score (nSPS) is 14.1. The van der Waals surface area contributed by atoms with Crippen LogP contribution in [0.5, 0.6) is 5.75 Å². The van der Waals surface area contributed by atoms with E-state index in [0.717, 1.165) is 0 Å². The average Bonchev–Trinajstić information content (AvgIpc) is 1.26. The largest absolute Gasteiger partial charge is 0.508 e. The number of hydrogen-bond donors (Lipinski definition) is 24. The molecule has 0 heterocycles. The van der Waals surface area contributed by atoms with Crippen LogP contribution in [-0.4, -0.2) is 221 Å². The highest BCUT2D eigenvalue weighted by atomic mass is 16.4. The SMILES string of the molecule is NCCCC[C@H](NC(=O)[C@H](CCCN=C(N)N)NC(=O)[C@H](CCCN=C(N)N)NC(=O)[C@H](CO)NC(=O)[C@H](CC(N)=O)NC(=O)[C@@H](N)CCCCN)C(=O)N[C@@H](Cc1ccc(O)cc1)C(=O)N[C@@H](CO)C(=O)N[C@@H](CC(=O)O)C(=O)N[C@@H](CCCN=C(N)N)C(=O)O. The molecule has 0 fully saturated rings. The van der Waals surface area contributed by atoms with Crippen molar-refractivity contribution in [3.8, 4) is 5.75 Å². The number of aliphatic hydroxyl groups excluding tert-OH is 2. The monoisotopic (exact) mass is 1310 g/mol. The van der Waals surface area contributed by atoms with Gasteiger partial charge in [-0.2, -0.15) is 0 Å². The lowest BCUT2D eigenvalue weighted by Crippen LogP contribution is -2.61. The van der Waals surface area contributed by atoms with Gasteiger partial charge in [-0.3, -0.25) is 67.7 Å². The molecular weight excluding hydrogens is 1220 g/mol. The Kier molecular flexibility index (Phi) is 38.3. The molecule has 0 saturated heterocycles. The first-order valence-electron chi connectivity index (χ1n) is 29.2. The number of aliphatic hydroxyl groups is 2. The minimum absolute atomic E-state index is 0.0110. The Hall–Kier alpha value is -9.73. The molecule has 516 valence electrons. The summed E-state index contributed by atoms with van der Waals surface area (Å²) >= 11 is 0. The van der Waals surface area contributed by atoms with Crippen molar-refractivity contribution in [2.45, 2.75) is 157 Å². The van der Waals surface area contributed by atoms with E-state index in [4.69, 9.17) is 57.3 Å². The van der Waals surface area contributed by atoms with Crippen molar-refractivity contribution in [2.24, 2.45) is 72.3 Å². The van der Waals surface area contributed by atoms with Crippen LogP contribution >= 0.6 is 0 Å². The molecule has 0 spiro atoms. The zero-order valence-electron chi connectivity index (χ0n) is 50.9. The van der Waals surface area contributed by atoms with Crippen molar-refractivity contribution in [3.63, 3.8) is 0 Å². The Morgan fingerprint density at radius 2 is 0.707 bits per heavy atom. The Morgan fingerprint density at radius 3 is 1.09 bits per heavy atom. The fourth-order valence-electron chi connectivity index (χ4n) is 8.42. The Morgan fingerprint density at radius 1 is 0.391 bits per heavy atom. The maximum Gasteiger partial charge on any atom is 0.326 e. The number of nitrogens with one attached hydrogen (secondary N) is 9. The number of aliphatic imine (C=N–C) groups is 3. The summed E-state index contributed by atoms with van der Waals surface area (Å²) in [6, 6.07) is -11.4. The molecule has 1 rings (SSSR count). The highest BCUT2D eigenvalue weighted by Gasteiger charge is 2.36. The van der Waals surface area contributed by atoms with Crippen LogP contribution in [0.2, 0.25) is 0 Å². The lowest BCUT2D eigenvalue weighted by atomic mass is 10.0. The zero-order valence-corrected chi connectivity index (χ0v) is 50.9. The second kappa shape index (κ2) is 43.9. The van der Waals surface area contributed by atoms with Crippen LogP contribution in [0, 0.1) is 0 Å². The molecule has 0 aliphatic rings. The highest BCUT2D eigenvalue weighted by Crippen LogP contribution is 2.14. The molecule has 0 unspecified atom stereocenters. The molecule has 0 aromatic heterocycles. The molecule has 92 heavy (non-hydrogen) atoms. The fourth-order valence-corrected chi connectivity index (χ4v) is 8.42. The highest BCUT2D eigenvalue weighted by molar-refractivity contribution is 5.99. The second-order valence-electron chi connectivity index (χ2n) is 20.9. The molecule has 39 nitrogen and oxygen atoms in total. The van der Waals surface area contributed by atoms with E-state index in [2.05, 4.69) is 62.8 Å². The van der Waals surface area contributed by atoms with Gasteiger partial charge in [0.05, 0.1) is 32.1 Å². The van der Waals surface area contributed by atoms with E-state index in [0.29, 0.717) is 31.4 Å². The number of aliphatic carboxylic acids is 2. The van der Waals surface area contributed by atoms with Crippen molar-refractivity contribution in [1.82, 2.24) is 47.9 Å². The van der Waals surface area contributed by atoms with E-state index in [1.165, 1.54) is 24.3 Å². The predicted molar refractivity (Wildman–Crippen MR) is 331 cm³/mol. The van der Waals surface area contributed by atoms with E-state index in [-0.39, 0.29) is 108 Å². The molecule has 10 atom stereocenters. The van der Waals surface area contributed by atoms with Crippen molar-refractivity contribution >= 4 is 88.9 Å². The number of phenols is 1. The third kappa shape index (κ3) is 33.2. The summed E-state index contributed by atoms with van der Waals surface area (Å²) in [5.74, 6) is -15.4. The number of nitrogens with two attached hydrogens (primary N) is 10. The Labute approximate surface area is 529 Å². The number of benzene rings is 1. The molecule has 0 aliphatic carbocycles. The van der Waals surface area contributed by atoms with Crippen LogP contribution in [0.4, 0.5) is 0 Å². The molecule has 34 N–H and O–H groups in total. The summed E-state index contributed by atoms with van der Waals surface area (Å²) in [6.45, 7) is -2.08. The summed E-state index contributed by atoms with van der Waals surface area (Å²) in [6.07, 6.45) is -1.57. The number of carbonyl (C=O) groups excluding carboxylic acids is 10. The first kappa shape index (κ1) is 80.3. The van der Waals surface area contributed by atoms with Crippen LogP contribution < -0.4 is 105 Å². The number of phenolic OH excluding ortho intramolecular Hbond substituents is 1. The summed E-state index contributed by atoms with van der Waals surface area (Å²) < 4.78 is 0. The van der Waals surface area contributed by atoms with E-state index in [1.807, 2.05) is 0 Å². The number of rotatable bonds is 47. The third-order valence-electron chi connectivity index (χ3n) is 13.3. The number of hydrogen-bond acceptors (Lipinski definition) is 21. The van der Waals surface area contributed by atoms with Crippen LogP contribution in [0.1, 0.15) is 95.5 Å². The van der Waals surface area contributed by atoms with Gasteiger partial charge in [-0.1, -0.05) is 18.6 Å². The minimum Gasteiger partial charge on any atom is -0.508 e. The summed E-state index contributed by atoms with van der Waals surface area (Å²) in [5.41, 5.74) is 55.5. The molecule has 0 saturated carbocycles. The molecular formula is C53H92N22O17. The molecule has 10 amide bonds. The average molecular weight is 1310 g/mol. The van der Waals surface area contributed by atoms with E-state index < -0.39 is 164 Å². The zero-order chi connectivity index (χ0) is 69.5. The number of carboxylic acid groups (broad SMARTS) is 2. The molecule has 1 aromatic carbocycles. The van der Waals surface area contributed by atoms with Gasteiger partial charge >= 0.3 is 11.9 Å². The Balaban J connectivity index is 3.72. The van der Waals surface area contributed by atoms with E-state index in [1.54, 1.807) is 0 Å². The fraction of sp³-hybridized carbons (Fsp3) is 0.604. The van der Waals surface area contributed by atoms with Crippen molar-refractivity contribution in [3.05, 3.63) is 29.8 Å². The van der Waals surface area contributed by atoms with E-state index in [9.17, 15) is 83.1 Å². The van der Waals surface area contributed by atoms with Crippen molar-refractivity contribution < 1.29 is 83.1 Å². The van der Waals surface area contributed by atoms with Gasteiger partial charge in [0, 0.05) is 26.1 Å². The van der Waals surface area contributed by atoms with Gasteiger partial charge in [-0.25, -0.2) is 4.79 Å². The lowest BCUT2D eigenvalue weighted by Gasteiger charge is -2.28. The van der Waals surface area contributed by atoms with Crippen LogP contribution in [0.15, 0.2) is 39.2 Å². The predicted octanol–water partition coefficient (Wildman–Crippen LogP) is -10.5. The standard InChI is InChI=1S/C53H92N22O17/c54-17-3-1-8-29(56)41(82)71-35(23-39(57)79)46(87)75-37(25-76)48(89)69-32(11-6-20-65-52(60)61)43(84)68-31(10-5-19-64-51(58)59)42(83)67-30(9-2-4-18-55)44(85)72-34(22-27-13-15-28(78)16-14-27)45(86)74-38(26-77)49(90)73-36(24-40(80)81)47(88)70-33(50(91)92)12-7-21-66-53(62)63/h13-16,29-38,76-78H,1-12,17-26,54-56H2,(H2,57,79)(H,67,83)(H,68,84)(H,69,89)(H,70,88)(H,71,82)(H,72,85)(H,73,90)(H,74,86)(H,75,87)(H,80,81)(H,91,92)(H4,58,59,64)(H4,60,61,65)(H4,62,63,66)/t29-,30-,31-,32-,33-,34-,35-,36-,37-,38-/m0/s1. The van der Waals surface area contributed by atoms with Crippen molar-refractivity contribution in [1.29, 1.82) is 0 Å². The number of amides is 10. The quantitative estimate of drug-likeness (QED) is 0.0164. The number of carbonyl (C=O) groups is 12. The smallest absolute Gasteiger partial charge is 0.326 e. The molecule has 0 aliphatic heterocycles. The Bertz CT molecular complexity index is 2690. The van der Waals surface area contributed by atoms with Gasteiger partial charge in [0.15, 0.2) is 17.9 Å². The molecule has 39 heteroatoms. The van der Waals surface area contributed by atoms with Crippen LogP contribution in [0.25, 0.3) is 0 Å². The third-order valence-corrected chi connectivity index (χ3v) is 13.3. The van der Waals surface area contributed by atoms with Gasteiger partial charge in [0.25, 0.3) is 0 Å². The number of aromatic hydroxyl groups is 1.